The zero-order chi connectivity index (χ0) is 17.5. The molecule has 0 aliphatic carbocycles. The summed E-state index contributed by atoms with van der Waals surface area (Å²) >= 11 is 6.22. The highest BCUT2D eigenvalue weighted by Gasteiger charge is 2.09. The first-order chi connectivity index (χ1) is 11.5. The average Bonchev–Trinajstić information content (AvgIpc) is 2.56. The Morgan fingerprint density at radius 2 is 2.04 bits per heavy atom. The van der Waals surface area contributed by atoms with Crippen LogP contribution < -0.4 is 10.5 Å². The number of halogens is 1. The number of amides is 1. The van der Waals surface area contributed by atoms with E-state index >= 15 is 0 Å². The number of carbonyl (C=O) groups excluding carboxylic acids is 1. The van der Waals surface area contributed by atoms with E-state index in [9.17, 15) is 4.79 Å². The second-order valence-corrected chi connectivity index (χ2v) is 5.51. The van der Waals surface area contributed by atoms with Crippen molar-refractivity contribution in [3.8, 4) is 11.8 Å². The zero-order valence-electron chi connectivity index (χ0n) is 13.3. The van der Waals surface area contributed by atoms with Crippen LogP contribution in [0.3, 0.4) is 0 Å². The van der Waals surface area contributed by atoms with E-state index in [1.54, 1.807) is 12.1 Å². The molecule has 24 heavy (non-hydrogen) atoms. The van der Waals surface area contributed by atoms with E-state index in [1.807, 2.05) is 43.3 Å². The lowest BCUT2D eigenvalue weighted by atomic mass is 10.0. The van der Waals surface area contributed by atoms with Gasteiger partial charge in [-0.3, -0.25) is 4.79 Å². The van der Waals surface area contributed by atoms with Gasteiger partial charge in [0.25, 0.3) is 5.91 Å². The van der Waals surface area contributed by atoms with E-state index in [4.69, 9.17) is 27.3 Å². The van der Waals surface area contributed by atoms with Crippen LogP contribution in [0.5, 0.6) is 5.75 Å². The Labute approximate surface area is 146 Å². The number of rotatable bonds is 6. The monoisotopic (exact) mass is 340 g/mol. The molecule has 122 valence electrons. The maximum atomic E-state index is 11.2. The number of nitrogens with zero attached hydrogens (tertiary/aromatic N) is 1. The van der Waals surface area contributed by atoms with Gasteiger partial charge in [-0.05, 0) is 41.8 Å². The normalized spacial score (nSPS) is 11.0. The van der Waals surface area contributed by atoms with Crippen molar-refractivity contribution in [3.05, 3.63) is 69.8 Å². The topological polar surface area (TPSA) is 76.1 Å². The molecule has 0 aromatic heterocycles. The molecule has 0 saturated heterocycles. The molecule has 0 saturated carbocycles. The summed E-state index contributed by atoms with van der Waals surface area (Å²) in [6.45, 7) is 2.40. The highest BCUT2D eigenvalue weighted by molar-refractivity contribution is 6.31. The van der Waals surface area contributed by atoms with Crippen LogP contribution in [0.4, 0.5) is 0 Å². The summed E-state index contributed by atoms with van der Waals surface area (Å²) in [7, 11) is 0. The van der Waals surface area contributed by atoms with Crippen molar-refractivity contribution in [1.82, 2.24) is 0 Å². The molecule has 2 aromatic carbocycles. The fourth-order valence-corrected chi connectivity index (χ4v) is 2.47. The number of nitriles is 1. The number of primary amides is 1. The molecule has 1 amide bonds. The van der Waals surface area contributed by atoms with Gasteiger partial charge in [-0.1, -0.05) is 41.9 Å². The molecule has 2 aromatic rings. The quantitative estimate of drug-likeness (QED) is 0.643. The fraction of sp³-hybridized carbons (Fsp3) is 0.158. The van der Waals surface area contributed by atoms with Crippen molar-refractivity contribution in [2.45, 2.75) is 13.3 Å². The standard InChI is InChI=1S/C19H17ClN2O2/c1-2-24-18-10-13(9-16(12-21)19(22)23)7-8-15(18)11-14-5-3-4-6-17(14)20/h3-10H,2,11H2,1H3,(H2,22,23)/b16-9+. The minimum Gasteiger partial charge on any atom is -0.494 e. The number of benzene rings is 2. The van der Waals surface area contributed by atoms with Gasteiger partial charge < -0.3 is 10.5 Å². The molecule has 0 radical (unpaired) electrons. The third kappa shape index (κ3) is 4.37. The first-order valence-corrected chi connectivity index (χ1v) is 7.83. The predicted molar refractivity (Wildman–Crippen MR) is 94.7 cm³/mol. The number of ether oxygens (including phenoxy) is 1. The van der Waals surface area contributed by atoms with Gasteiger partial charge in [0, 0.05) is 11.4 Å². The Kier molecular flexibility index (Phi) is 6.00. The van der Waals surface area contributed by atoms with Crippen LogP contribution in [0.2, 0.25) is 5.02 Å². The first kappa shape index (κ1) is 17.6. The third-order valence-electron chi connectivity index (χ3n) is 3.43. The first-order valence-electron chi connectivity index (χ1n) is 7.46. The fourth-order valence-electron chi connectivity index (χ4n) is 2.27. The van der Waals surface area contributed by atoms with Gasteiger partial charge in [0.2, 0.25) is 0 Å². The smallest absolute Gasteiger partial charge is 0.259 e. The number of nitrogens with two attached hydrogens (primary N) is 1. The minimum atomic E-state index is -0.754. The third-order valence-corrected chi connectivity index (χ3v) is 3.80. The summed E-state index contributed by atoms with van der Waals surface area (Å²) < 4.78 is 5.69. The Bertz CT molecular complexity index is 822. The SMILES string of the molecule is CCOc1cc(/C=C(\C#N)C(N)=O)ccc1Cc1ccccc1Cl. The molecule has 2 N–H and O–H groups in total. The van der Waals surface area contributed by atoms with Gasteiger partial charge in [-0.2, -0.15) is 5.26 Å². The van der Waals surface area contributed by atoms with E-state index < -0.39 is 5.91 Å². The molecular weight excluding hydrogens is 324 g/mol. The van der Waals surface area contributed by atoms with Gasteiger partial charge in [0.1, 0.15) is 17.4 Å². The second-order valence-electron chi connectivity index (χ2n) is 5.10. The van der Waals surface area contributed by atoms with Crippen molar-refractivity contribution >= 4 is 23.6 Å². The second kappa shape index (κ2) is 8.19. The summed E-state index contributed by atoms with van der Waals surface area (Å²) in [5, 5.41) is 9.64. The lowest BCUT2D eigenvalue weighted by molar-refractivity contribution is -0.114. The van der Waals surface area contributed by atoms with Gasteiger partial charge in [0.15, 0.2) is 0 Å². The van der Waals surface area contributed by atoms with Crippen LogP contribution in [0.15, 0.2) is 48.0 Å². The van der Waals surface area contributed by atoms with Crippen LogP contribution in [0.25, 0.3) is 6.08 Å². The number of carbonyl (C=O) groups is 1. The van der Waals surface area contributed by atoms with E-state index in [-0.39, 0.29) is 5.57 Å². The number of hydrogen-bond donors (Lipinski definition) is 1. The summed E-state index contributed by atoms with van der Waals surface area (Å²) in [5.41, 5.74) is 7.71. The molecule has 0 fully saturated rings. The summed E-state index contributed by atoms with van der Waals surface area (Å²) in [4.78, 5) is 11.2. The molecule has 0 aliphatic rings. The average molecular weight is 341 g/mol. The molecule has 5 heteroatoms. The molecule has 4 nitrogen and oxygen atoms in total. The van der Waals surface area contributed by atoms with Crippen LogP contribution in [-0.4, -0.2) is 12.5 Å². The molecule has 0 unspecified atom stereocenters. The lowest BCUT2D eigenvalue weighted by Gasteiger charge is -2.12. The highest BCUT2D eigenvalue weighted by Crippen LogP contribution is 2.27. The highest BCUT2D eigenvalue weighted by atomic mass is 35.5. The Morgan fingerprint density at radius 3 is 2.67 bits per heavy atom. The molecule has 0 spiro atoms. The largest absolute Gasteiger partial charge is 0.494 e. The maximum Gasteiger partial charge on any atom is 0.259 e. The van der Waals surface area contributed by atoms with E-state index in [1.165, 1.54) is 6.08 Å². The van der Waals surface area contributed by atoms with Crippen molar-refractivity contribution < 1.29 is 9.53 Å². The molecule has 0 aliphatic heterocycles. The van der Waals surface area contributed by atoms with Crippen molar-refractivity contribution in [2.75, 3.05) is 6.61 Å². The minimum absolute atomic E-state index is 0.101. The molecule has 0 heterocycles. The van der Waals surface area contributed by atoms with Crippen molar-refractivity contribution in [3.63, 3.8) is 0 Å². The van der Waals surface area contributed by atoms with Crippen LogP contribution in [0.1, 0.15) is 23.6 Å². The molecule has 0 atom stereocenters. The zero-order valence-corrected chi connectivity index (χ0v) is 14.0. The van der Waals surface area contributed by atoms with Crippen LogP contribution in [-0.2, 0) is 11.2 Å². The molecular formula is C19H17ClN2O2. The van der Waals surface area contributed by atoms with E-state index in [0.717, 1.165) is 11.1 Å². The van der Waals surface area contributed by atoms with Crippen LogP contribution in [0, 0.1) is 11.3 Å². The Balaban J connectivity index is 2.39. The maximum absolute atomic E-state index is 11.2. The number of hydrogen-bond acceptors (Lipinski definition) is 3. The molecule has 0 bridgehead atoms. The Hall–Kier alpha value is -2.77. The lowest BCUT2D eigenvalue weighted by Crippen LogP contribution is -2.12. The summed E-state index contributed by atoms with van der Waals surface area (Å²) in [5.74, 6) is -0.0662. The van der Waals surface area contributed by atoms with E-state index in [0.29, 0.717) is 29.4 Å². The van der Waals surface area contributed by atoms with Crippen LogP contribution >= 0.6 is 11.6 Å². The predicted octanol–water partition coefficient (Wildman–Crippen LogP) is 3.72. The summed E-state index contributed by atoms with van der Waals surface area (Å²) in [6.07, 6.45) is 2.07. The van der Waals surface area contributed by atoms with Gasteiger partial charge >= 0.3 is 0 Å². The van der Waals surface area contributed by atoms with Crippen molar-refractivity contribution in [1.29, 1.82) is 5.26 Å². The summed E-state index contributed by atoms with van der Waals surface area (Å²) in [6, 6.07) is 14.9. The van der Waals surface area contributed by atoms with Crippen molar-refractivity contribution in [2.24, 2.45) is 5.73 Å². The van der Waals surface area contributed by atoms with E-state index in [2.05, 4.69) is 0 Å². The van der Waals surface area contributed by atoms with Gasteiger partial charge in [-0.25, -0.2) is 0 Å². The van der Waals surface area contributed by atoms with Gasteiger partial charge in [-0.15, -0.1) is 0 Å². The van der Waals surface area contributed by atoms with Gasteiger partial charge in [0.05, 0.1) is 6.61 Å². The molecule has 2 rings (SSSR count). The Morgan fingerprint density at radius 1 is 1.29 bits per heavy atom.